The molecular weight excluding hydrogens is 602 g/mol. The van der Waals surface area contributed by atoms with Crippen LogP contribution < -0.4 is 10.2 Å². The Morgan fingerprint density at radius 2 is 1.30 bits per heavy atom. The summed E-state index contributed by atoms with van der Waals surface area (Å²) in [7, 11) is 0. The van der Waals surface area contributed by atoms with Crippen molar-refractivity contribution in [1.82, 2.24) is 14.7 Å². The molecule has 228 valence electrons. The zero-order valence-electron chi connectivity index (χ0n) is 23.4. The summed E-state index contributed by atoms with van der Waals surface area (Å²) in [4.78, 5) is 34.1. The van der Waals surface area contributed by atoms with Crippen molar-refractivity contribution >= 4 is 46.4 Å². The van der Waals surface area contributed by atoms with Gasteiger partial charge in [-0.3, -0.25) is 19.4 Å². The summed E-state index contributed by atoms with van der Waals surface area (Å²) in [5.74, 6) is -0.401. The Balaban J connectivity index is 1.03. The Morgan fingerprint density at radius 3 is 1.88 bits per heavy atom. The van der Waals surface area contributed by atoms with Gasteiger partial charge in [0.25, 0.3) is 11.8 Å². The van der Waals surface area contributed by atoms with Gasteiger partial charge >= 0.3 is 6.18 Å². The molecule has 3 aromatic carbocycles. The van der Waals surface area contributed by atoms with Crippen LogP contribution in [0.3, 0.4) is 0 Å². The monoisotopic (exact) mass is 633 g/mol. The number of amides is 2. The number of nitrogens with zero attached hydrogens (tertiary/aromatic N) is 4. The van der Waals surface area contributed by atoms with Crippen molar-refractivity contribution in [3.63, 3.8) is 0 Å². The third-order valence-corrected chi connectivity index (χ3v) is 8.25. The van der Waals surface area contributed by atoms with E-state index >= 15 is 0 Å². The van der Waals surface area contributed by atoms with Crippen molar-refractivity contribution in [3.8, 4) is 0 Å². The predicted molar refractivity (Wildman–Crippen MR) is 163 cm³/mol. The second kappa shape index (κ2) is 13.5. The van der Waals surface area contributed by atoms with E-state index < -0.39 is 11.7 Å². The van der Waals surface area contributed by atoms with Crippen LogP contribution in [0.25, 0.3) is 0 Å². The first-order chi connectivity index (χ1) is 20.5. The molecule has 2 heterocycles. The number of hydrogen-bond donors (Lipinski definition) is 1. The van der Waals surface area contributed by atoms with Gasteiger partial charge in [-0.25, -0.2) is 0 Å². The first kappa shape index (κ1) is 31.1. The molecule has 7 nitrogen and oxygen atoms in total. The lowest BCUT2D eigenvalue weighted by Crippen LogP contribution is -2.52. The first-order valence-corrected chi connectivity index (χ1v) is 14.8. The minimum absolute atomic E-state index is 0.0511. The fourth-order valence-corrected chi connectivity index (χ4v) is 5.86. The Kier molecular flexibility index (Phi) is 9.81. The number of alkyl halides is 3. The van der Waals surface area contributed by atoms with E-state index in [2.05, 4.69) is 15.1 Å². The highest BCUT2D eigenvalue weighted by molar-refractivity contribution is 6.35. The number of benzene rings is 3. The van der Waals surface area contributed by atoms with E-state index in [9.17, 15) is 22.8 Å². The van der Waals surface area contributed by atoms with E-state index in [1.807, 2.05) is 9.80 Å². The lowest BCUT2D eigenvalue weighted by Gasteiger charge is -2.39. The number of nitrogens with one attached hydrogen (secondary N) is 1. The summed E-state index contributed by atoms with van der Waals surface area (Å²) in [5, 5.41) is 3.53. The molecular formula is C31H32Cl2F3N5O2. The molecule has 2 amide bonds. The average Bonchev–Trinajstić information content (AvgIpc) is 3.00. The van der Waals surface area contributed by atoms with Crippen molar-refractivity contribution in [2.75, 3.05) is 75.7 Å². The normalized spacial score (nSPS) is 16.8. The van der Waals surface area contributed by atoms with E-state index in [-0.39, 0.29) is 11.8 Å². The van der Waals surface area contributed by atoms with Crippen LogP contribution >= 0.6 is 23.2 Å². The Hall–Kier alpha value is -3.31. The van der Waals surface area contributed by atoms with Crippen LogP contribution in [-0.4, -0.2) is 92.0 Å². The lowest BCUT2D eigenvalue weighted by molar-refractivity contribution is -0.137. The van der Waals surface area contributed by atoms with Crippen molar-refractivity contribution < 1.29 is 22.8 Å². The molecule has 0 bridgehead atoms. The van der Waals surface area contributed by atoms with Gasteiger partial charge in [-0.1, -0.05) is 29.3 Å². The third kappa shape index (κ3) is 8.20. The lowest BCUT2D eigenvalue weighted by atomic mass is 10.1. The number of piperazine rings is 2. The molecule has 5 rings (SSSR count). The fourth-order valence-electron chi connectivity index (χ4n) is 5.33. The van der Waals surface area contributed by atoms with Crippen molar-refractivity contribution in [3.05, 3.63) is 93.5 Å². The molecule has 2 aliphatic heterocycles. The zero-order valence-corrected chi connectivity index (χ0v) is 24.9. The van der Waals surface area contributed by atoms with Gasteiger partial charge in [0.05, 0.1) is 5.56 Å². The van der Waals surface area contributed by atoms with Gasteiger partial charge in [0.1, 0.15) is 0 Å². The van der Waals surface area contributed by atoms with Crippen molar-refractivity contribution in [1.29, 1.82) is 0 Å². The maximum Gasteiger partial charge on any atom is 0.416 e. The summed E-state index contributed by atoms with van der Waals surface area (Å²) in [5.41, 5.74) is 1.44. The highest BCUT2D eigenvalue weighted by atomic mass is 35.5. The number of carbonyl (C=O) groups excluding carboxylic acids is 2. The minimum atomic E-state index is -4.34. The van der Waals surface area contributed by atoms with Crippen LogP contribution in [0.5, 0.6) is 0 Å². The van der Waals surface area contributed by atoms with Crippen LogP contribution in [-0.2, 0) is 6.18 Å². The topological polar surface area (TPSA) is 59.1 Å². The molecule has 0 spiro atoms. The molecule has 0 aliphatic carbocycles. The van der Waals surface area contributed by atoms with E-state index in [4.69, 9.17) is 23.2 Å². The van der Waals surface area contributed by atoms with Gasteiger partial charge in [-0.15, -0.1) is 0 Å². The summed E-state index contributed by atoms with van der Waals surface area (Å²) >= 11 is 12.0. The molecule has 1 N–H and O–H groups in total. The standard InChI is InChI=1S/C31H32Cl2F3N5O2/c32-25-18-23(19-26(33)21-25)29(42)37-27-6-4-22(5-7-27)30(43)41-16-12-39(13-17-41)9-8-38-10-14-40(15-11-38)28-3-1-2-24(20-28)31(34,35)36/h1-7,18-21H,8-17H2,(H,37,42). The number of halogens is 5. The molecule has 0 unspecified atom stereocenters. The van der Waals surface area contributed by atoms with Crippen LogP contribution in [0.2, 0.25) is 10.0 Å². The second-order valence-corrected chi connectivity index (χ2v) is 11.6. The SMILES string of the molecule is O=C(Nc1ccc(C(=O)N2CCN(CCN3CCN(c4cccc(C(F)(F)F)c4)CC3)CC2)cc1)c1cc(Cl)cc(Cl)c1. The molecule has 3 aromatic rings. The zero-order chi connectivity index (χ0) is 30.6. The molecule has 43 heavy (non-hydrogen) atoms. The van der Waals surface area contributed by atoms with Gasteiger partial charge in [0, 0.05) is 98.0 Å². The molecule has 0 radical (unpaired) electrons. The molecule has 12 heteroatoms. The van der Waals surface area contributed by atoms with Gasteiger partial charge in [0.15, 0.2) is 0 Å². The smallest absolute Gasteiger partial charge is 0.369 e. The summed E-state index contributed by atoms with van der Waals surface area (Å²) < 4.78 is 39.2. The van der Waals surface area contributed by atoms with Crippen LogP contribution in [0.4, 0.5) is 24.5 Å². The van der Waals surface area contributed by atoms with E-state index in [0.29, 0.717) is 58.7 Å². The molecule has 2 saturated heterocycles. The Morgan fingerprint density at radius 1 is 0.721 bits per heavy atom. The van der Waals surface area contributed by atoms with Gasteiger partial charge < -0.3 is 15.1 Å². The first-order valence-electron chi connectivity index (χ1n) is 14.1. The second-order valence-electron chi connectivity index (χ2n) is 10.7. The third-order valence-electron chi connectivity index (χ3n) is 7.82. The van der Waals surface area contributed by atoms with Crippen LogP contribution in [0.15, 0.2) is 66.7 Å². The minimum Gasteiger partial charge on any atom is -0.369 e. The van der Waals surface area contributed by atoms with Crippen LogP contribution in [0.1, 0.15) is 26.3 Å². The Bertz CT molecular complexity index is 1420. The maximum atomic E-state index is 13.1. The quantitative estimate of drug-likeness (QED) is 0.354. The summed E-state index contributed by atoms with van der Waals surface area (Å²) in [6.07, 6.45) is -4.34. The van der Waals surface area contributed by atoms with E-state index in [0.717, 1.165) is 45.3 Å². The molecule has 2 fully saturated rings. The number of carbonyl (C=O) groups is 2. The van der Waals surface area contributed by atoms with Gasteiger partial charge in [-0.05, 0) is 60.7 Å². The highest BCUT2D eigenvalue weighted by Crippen LogP contribution is 2.32. The maximum absolute atomic E-state index is 13.1. The summed E-state index contributed by atoms with van der Waals surface area (Å²) in [6.45, 7) is 7.47. The molecule has 0 aromatic heterocycles. The van der Waals surface area contributed by atoms with Crippen molar-refractivity contribution in [2.45, 2.75) is 6.18 Å². The van der Waals surface area contributed by atoms with Crippen molar-refractivity contribution in [2.24, 2.45) is 0 Å². The molecule has 0 atom stereocenters. The van der Waals surface area contributed by atoms with Gasteiger partial charge in [0.2, 0.25) is 0 Å². The number of hydrogen-bond acceptors (Lipinski definition) is 5. The largest absolute Gasteiger partial charge is 0.416 e. The van der Waals surface area contributed by atoms with Gasteiger partial charge in [-0.2, -0.15) is 13.2 Å². The van der Waals surface area contributed by atoms with Crippen LogP contribution in [0, 0.1) is 0 Å². The fraction of sp³-hybridized carbons (Fsp3) is 0.355. The highest BCUT2D eigenvalue weighted by Gasteiger charge is 2.31. The Labute approximate surface area is 258 Å². The number of anilines is 2. The average molecular weight is 635 g/mol. The predicted octanol–water partition coefficient (Wildman–Crippen LogP) is 5.84. The van der Waals surface area contributed by atoms with E-state index in [1.165, 1.54) is 24.3 Å². The van der Waals surface area contributed by atoms with E-state index in [1.54, 1.807) is 36.4 Å². The molecule has 0 saturated carbocycles. The summed E-state index contributed by atoms with van der Waals surface area (Å²) in [6, 6.07) is 16.9. The number of rotatable bonds is 7. The molecule has 2 aliphatic rings.